The molecule has 0 unspecified atom stereocenters. The smallest absolute Gasteiger partial charge is 0.142 e. The van der Waals surface area contributed by atoms with Gasteiger partial charge in [-0.1, -0.05) is 24.3 Å². The second-order valence-electron chi connectivity index (χ2n) is 4.81. The first-order valence-electron chi connectivity index (χ1n) is 7.16. The minimum atomic E-state index is 0.667. The maximum absolute atomic E-state index is 5.62. The van der Waals surface area contributed by atoms with Crippen LogP contribution in [0.15, 0.2) is 60.8 Å². The Morgan fingerprint density at radius 2 is 1.95 bits per heavy atom. The number of rotatable bonds is 5. The minimum absolute atomic E-state index is 0.667. The highest BCUT2D eigenvalue weighted by Gasteiger charge is 2.02. The Hall–Kier alpha value is -2.55. The van der Waals surface area contributed by atoms with Crippen LogP contribution in [-0.2, 0) is 6.54 Å². The van der Waals surface area contributed by atoms with Gasteiger partial charge in [-0.05, 0) is 42.8 Å². The maximum Gasteiger partial charge on any atom is 0.142 e. The van der Waals surface area contributed by atoms with Crippen LogP contribution >= 0.6 is 0 Å². The van der Waals surface area contributed by atoms with E-state index in [4.69, 9.17) is 4.74 Å². The molecule has 21 heavy (non-hydrogen) atoms. The highest BCUT2D eigenvalue weighted by Crippen LogP contribution is 2.24. The second kappa shape index (κ2) is 6.27. The summed E-state index contributed by atoms with van der Waals surface area (Å²) in [6, 6.07) is 18.4. The zero-order valence-electron chi connectivity index (χ0n) is 12.0. The summed E-state index contributed by atoms with van der Waals surface area (Å²) in [7, 11) is 0. The molecule has 3 aromatic rings. The normalized spacial score (nSPS) is 10.5. The molecule has 0 atom stereocenters. The van der Waals surface area contributed by atoms with Crippen LogP contribution in [0.5, 0.6) is 5.75 Å². The van der Waals surface area contributed by atoms with Crippen molar-refractivity contribution >= 4 is 16.6 Å². The van der Waals surface area contributed by atoms with Crippen LogP contribution < -0.4 is 10.1 Å². The molecule has 1 heterocycles. The lowest BCUT2D eigenvalue weighted by Crippen LogP contribution is -2.02. The quantitative estimate of drug-likeness (QED) is 0.757. The number of aromatic nitrogens is 1. The van der Waals surface area contributed by atoms with Gasteiger partial charge in [-0.2, -0.15) is 0 Å². The lowest BCUT2D eigenvalue weighted by atomic mass is 10.1. The van der Waals surface area contributed by atoms with Crippen molar-refractivity contribution in [2.75, 3.05) is 11.9 Å². The Morgan fingerprint density at radius 1 is 1.05 bits per heavy atom. The summed E-state index contributed by atoms with van der Waals surface area (Å²) < 4.78 is 5.62. The van der Waals surface area contributed by atoms with E-state index in [1.807, 2.05) is 43.5 Å². The van der Waals surface area contributed by atoms with E-state index < -0.39 is 0 Å². The van der Waals surface area contributed by atoms with Gasteiger partial charge >= 0.3 is 0 Å². The Bertz CT molecular complexity index is 740. The fraction of sp³-hybridized carbons (Fsp3) is 0.167. The van der Waals surface area contributed by atoms with E-state index in [2.05, 4.69) is 34.6 Å². The van der Waals surface area contributed by atoms with E-state index >= 15 is 0 Å². The second-order valence-corrected chi connectivity index (χ2v) is 4.81. The number of anilines is 1. The molecule has 1 aromatic heterocycles. The number of hydrogen-bond donors (Lipinski definition) is 1. The molecule has 0 fully saturated rings. The van der Waals surface area contributed by atoms with Crippen LogP contribution in [0.4, 0.5) is 5.69 Å². The standard InChI is InChI=1S/C18H18N2O/c1-2-21-18-8-4-3-7-17(18)20-13-14-9-10-16-15(12-14)6-5-11-19-16/h3-12,20H,2,13H2,1H3. The zero-order chi connectivity index (χ0) is 14.5. The lowest BCUT2D eigenvalue weighted by Gasteiger charge is -2.12. The average molecular weight is 278 g/mol. The third kappa shape index (κ3) is 3.14. The first-order chi connectivity index (χ1) is 10.4. The number of hydrogen-bond acceptors (Lipinski definition) is 3. The van der Waals surface area contributed by atoms with Gasteiger partial charge in [-0.15, -0.1) is 0 Å². The molecular formula is C18H18N2O. The monoisotopic (exact) mass is 278 g/mol. The van der Waals surface area contributed by atoms with Crippen molar-refractivity contribution in [3.63, 3.8) is 0 Å². The first-order valence-corrected chi connectivity index (χ1v) is 7.16. The SMILES string of the molecule is CCOc1ccccc1NCc1ccc2ncccc2c1. The first kappa shape index (κ1) is 13.4. The van der Waals surface area contributed by atoms with Gasteiger partial charge in [0.05, 0.1) is 17.8 Å². The predicted octanol–water partition coefficient (Wildman–Crippen LogP) is 4.25. The van der Waals surface area contributed by atoms with Crippen molar-refractivity contribution in [1.29, 1.82) is 0 Å². The van der Waals surface area contributed by atoms with Gasteiger partial charge in [0.15, 0.2) is 0 Å². The van der Waals surface area contributed by atoms with Crippen molar-refractivity contribution in [1.82, 2.24) is 4.98 Å². The summed E-state index contributed by atoms with van der Waals surface area (Å²) >= 11 is 0. The number of ether oxygens (including phenoxy) is 1. The highest BCUT2D eigenvalue weighted by molar-refractivity contribution is 5.79. The maximum atomic E-state index is 5.62. The van der Waals surface area contributed by atoms with Gasteiger partial charge in [-0.25, -0.2) is 0 Å². The Kier molecular flexibility index (Phi) is 4.01. The van der Waals surface area contributed by atoms with Crippen molar-refractivity contribution in [2.45, 2.75) is 13.5 Å². The zero-order valence-corrected chi connectivity index (χ0v) is 12.0. The molecule has 0 amide bonds. The molecule has 0 saturated carbocycles. The molecule has 0 aliphatic rings. The highest BCUT2D eigenvalue weighted by atomic mass is 16.5. The molecule has 1 N–H and O–H groups in total. The average Bonchev–Trinajstić information content (AvgIpc) is 2.54. The molecular weight excluding hydrogens is 260 g/mol. The molecule has 3 heteroatoms. The van der Waals surface area contributed by atoms with Gasteiger partial charge in [0.1, 0.15) is 5.75 Å². The van der Waals surface area contributed by atoms with E-state index in [-0.39, 0.29) is 0 Å². The van der Waals surface area contributed by atoms with Crippen molar-refractivity contribution in [2.24, 2.45) is 0 Å². The molecule has 0 bridgehead atoms. The van der Waals surface area contributed by atoms with Crippen molar-refractivity contribution < 1.29 is 4.74 Å². The Balaban J connectivity index is 1.77. The Labute approximate surface area is 124 Å². The third-order valence-electron chi connectivity index (χ3n) is 3.34. The van der Waals surface area contributed by atoms with Crippen LogP contribution in [0.2, 0.25) is 0 Å². The summed E-state index contributed by atoms with van der Waals surface area (Å²) in [6.07, 6.45) is 1.82. The molecule has 106 valence electrons. The molecule has 3 nitrogen and oxygen atoms in total. The number of nitrogens with zero attached hydrogens (tertiary/aromatic N) is 1. The summed E-state index contributed by atoms with van der Waals surface area (Å²) in [5.74, 6) is 0.891. The van der Waals surface area contributed by atoms with Crippen LogP contribution in [0.1, 0.15) is 12.5 Å². The van der Waals surface area contributed by atoms with Crippen molar-refractivity contribution in [3.8, 4) is 5.75 Å². The van der Waals surface area contributed by atoms with E-state index in [0.717, 1.165) is 28.9 Å². The fourth-order valence-electron chi connectivity index (χ4n) is 2.33. The van der Waals surface area contributed by atoms with Crippen LogP contribution in [0.3, 0.4) is 0 Å². The van der Waals surface area contributed by atoms with Crippen molar-refractivity contribution in [3.05, 3.63) is 66.4 Å². The molecule has 0 radical (unpaired) electrons. The van der Waals surface area contributed by atoms with Crippen LogP contribution in [-0.4, -0.2) is 11.6 Å². The molecule has 0 aliphatic carbocycles. The van der Waals surface area contributed by atoms with E-state index in [1.165, 1.54) is 5.56 Å². The van der Waals surface area contributed by atoms with E-state index in [9.17, 15) is 0 Å². The van der Waals surface area contributed by atoms with Gasteiger partial charge in [0, 0.05) is 18.1 Å². The molecule has 0 saturated heterocycles. The van der Waals surface area contributed by atoms with Gasteiger partial charge in [0.2, 0.25) is 0 Å². The van der Waals surface area contributed by atoms with E-state index in [0.29, 0.717) is 6.61 Å². The summed E-state index contributed by atoms with van der Waals surface area (Å²) in [6.45, 7) is 3.42. The number of benzene rings is 2. The Morgan fingerprint density at radius 3 is 2.86 bits per heavy atom. The van der Waals surface area contributed by atoms with Crippen LogP contribution in [0.25, 0.3) is 10.9 Å². The summed E-state index contributed by atoms with van der Waals surface area (Å²) in [5, 5.41) is 4.60. The van der Waals surface area contributed by atoms with Gasteiger partial charge in [0.25, 0.3) is 0 Å². The largest absolute Gasteiger partial charge is 0.492 e. The minimum Gasteiger partial charge on any atom is -0.492 e. The van der Waals surface area contributed by atoms with E-state index in [1.54, 1.807) is 0 Å². The lowest BCUT2D eigenvalue weighted by molar-refractivity contribution is 0.341. The molecule has 3 rings (SSSR count). The molecule has 0 spiro atoms. The third-order valence-corrected chi connectivity index (χ3v) is 3.34. The fourth-order valence-corrected chi connectivity index (χ4v) is 2.33. The number of fused-ring (bicyclic) bond motifs is 1. The topological polar surface area (TPSA) is 34.1 Å². The number of pyridine rings is 1. The number of para-hydroxylation sites is 2. The molecule has 0 aliphatic heterocycles. The summed E-state index contributed by atoms with van der Waals surface area (Å²) in [5.41, 5.74) is 3.27. The van der Waals surface area contributed by atoms with Crippen LogP contribution in [0, 0.1) is 0 Å². The number of nitrogens with one attached hydrogen (secondary N) is 1. The van der Waals surface area contributed by atoms with Gasteiger partial charge < -0.3 is 10.1 Å². The summed E-state index contributed by atoms with van der Waals surface area (Å²) in [4.78, 5) is 4.34. The molecule has 2 aromatic carbocycles. The predicted molar refractivity (Wildman–Crippen MR) is 86.7 cm³/mol. The van der Waals surface area contributed by atoms with Gasteiger partial charge in [-0.3, -0.25) is 4.98 Å².